The summed E-state index contributed by atoms with van der Waals surface area (Å²) in [7, 11) is 2.94. The molecule has 2 N–H and O–H groups in total. The Labute approximate surface area is 274 Å². The zero-order valence-electron chi connectivity index (χ0n) is 25.1. The van der Waals surface area contributed by atoms with Crippen LogP contribution in [0.5, 0.6) is 11.5 Å². The minimum absolute atomic E-state index is 0.00875. The summed E-state index contributed by atoms with van der Waals surface area (Å²) in [5.41, 5.74) is 2.73. The fourth-order valence-electron chi connectivity index (χ4n) is 6.35. The number of fused-ring (bicyclic) bond motifs is 4. The average molecular weight is 666 g/mol. The fourth-order valence-corrected chi connectivity index (χ4v) is 6.83. The van der Waals surface area contributed by atoms with Gasteiger partial charge in [0.05, 0.1) is 42.7 Å². The molecule has 0 aliphatic carbocycles. The summed E-state index contributed by atoms with van der Waals surface area (Å²) >= 11 is 12.5. The highest BCUT2D eigenvalue weighted by molar-refractivity contribution is 6.32. The predicted octanol–water partition coefficient (Wildman–Crippen LogP) is 6.37. The molecule has 3 heterocycles. The highest BCUT2D eigenvalue weighted by atomic mass is 35.5. The van der Waals surface area contributed by atoms with E-state index in [1.54, 1.807) is 36.4 Å². The second kappa shape index (κ2) is 13.1. The van der Waals surface area contributed by atoms with Crippen molar-refractivity contribution >= 4 is 52.1 Å². The van der Waals surface area contributed by atoms with Crippen LogP contribution in [0.15, 0.2) is 71.5 Å². The first-order valence-electron chi connectivity index (χ1n) is 14.7. The van der Waals surface area contributed by atoms with E-state index in [2.05, 4.69) is 15.5 Å². The van der Waals surface area contributed by atoms with Crippen molar-refractivity contribution in [2.45, 2.75) is 25.3 Å². The van der Waals surface area contributed by atoms with Crippen LogP contribution < -0.4 is 30.6 Å². The normalized spacial score (nSPS) is 16.8. The highest BCUT2D eigenvalue weighted by Gasteiger charge is 2.35. The van der Waals surface area contributed by atoms with E-state index in [9.17, 15) is 18.8 Å². The lowest BCUT2D eigenvalue weighted by atomic mass is 9.83. The van der Waals surface area contributed by atoms with E-state index in [1.807, 2.05) is 10.6 Å². The van der Waals surface area contributed by atoms with Crippen LogP contribution in [0.25, 0.3) is 0 Å². The van der Waals surface area contributed by atoms with Crippen molar-refractivity contribution in [1.82, 2.24) is 4.57 Å². The van der Waals surface area contributed by atoms with Gasteiger partial charge in [0.25, 0.3) is 11.5 Å². The van der Waals surface area contributed by atoms with Gasteiger partial charge in [0.2, 0.25) is 5.91 Å². The van der Waals surface area contributed by atoms with Crippen molar-refractivity contribution in [3.8, 4) is 11.5 Å². The van der Waals surface area contributed by atoms with Gasteiger partial charge in [-0.15, -0.1) is 0 Å². The lowest BCUT2D eigenvalue weighted by molar-refractivity contribution is -0.115. The van der Waals surface area contributed by atoms with Crippen LogP contribution in [0.4, 0.5) is 21.5 Å². The number of piperidine rings is 1. The van der Waals surface area contributed by atoms with Crippen molar-refractivity contribution in [3.05, 3.63) is 110 Å². The molecule has 2 amide bonds. The molecule has 2 aliphatic heterocycles. The molecular formula is C34H31Cl2FN4O5. The fraction of sp³-hybridized carbons (Fsp3) is 0.265. The van der Waals surface area contributed by atoms with Gasteiger partial charge in [0.15, 0.2) is 0 Å². The molecule has 2 unspecified atom stereocenters. The Kier molecular flexibility index (Phi) is 8.93. The summed E-state index contributed by atoms with van der Waals surface area (Å²) in [5.74, 6) is -0.493. The molecule has 0 saturated carbocycles. The molecule has 9 nitrogen and oxygen atoms in total. The number of hydrogen-bond acceptors (Lipinski definition) is 6. The Balaban J connectivity index is 1.32. The lowest BCUT2D eigenvalue weighted by Crippen LogP contribution is -2.47. The van der Waals surface area contributed by atoms with Crippen LogP contribution in [-0.4, -0.2) is 43.7 Å². The predicted molar refractivity (Wildman–Crippen MR) is 176 cm³/mol. The smallest absolute Gasteiger partial charge is 0.255 e. The largest absolute Gasteiger partial charge is 0.495 e. The van der Waals surface area contributed by atoms with Gasteiger partial charge >= 0.3 is 0 Å². The molecule has 1 saturated heterocycles. The first-order chi connectivity index (χ1) is 22.1. The van der Waals surface area contributed by atoms with E-state index in [-0.39, 0.29) is 45.0 Å². The summed E-state index contributed by atoms with van der Waals surface area (Å²) in [6, 6.07) is 17.8. The SMILES string of the molecule is COc1cc(OC)c(NC(=O)c2ccc(N3CC4CC(C3)c3cccc(=O)n3C4)c(NC(=O)Cc3c(F)cccc3Cl)c2)cc1Cl. The number of anilines is 3. The maximum atomic E-state index is 14.5. The minimum Gasteiger partial charge on any atom is -0.495 e. The number of hydrogen-bond donors (Lipinski definition) is 2. The Morgan fingerprint density at radius 1 is 0.891 bits per heavy atom. The van der Waals surface area contributed by atoms with Gasteiger partial charge in [-0.25, -0.2) is 4.39 Å². The number of pyridine rings is 1. The molecule has 1 fully saturated rings. The monoisotopic (exact) mass is 664 g/mol. The van der Waals surface area contributed by atoms with Crippen LogP contribution in [0.2, 0.25) is 10.0 Å². The molecule has 0 spiro atoms. The maximum absolute atomic E-state index is 14.5. The summed E-state index contributed by atoms with van der Waals surface area (Å²) in [5, 5.41) is 6.16. The maximum Gasteiger partial charge on any atom is 0.255 e. The van der Waals surface area contributed by atoms with E-state index in [1.165, 1.54) is 38.5 Å². The first-order valence-corrected chi connectivity index (χ1v) is 15.4. The number of benzene rings is 3. The van der Waals surface area contributed by atoms with Gasteiger partial charge in [-0.05, 0) is 54.8 Å². The molecule has 46 heavy (non-hydrogen) atoms. The number of methoxy groups -OCH3 is 2. The number of ether oxygens (including phenoxy) is 2. The third kappa shape index (κ3) is 6.27. The number of nitrogens with one attached hydrogen (secondary N) is 2. The van der Waals surface area contributed by atoms with Crippen molar-refractivity contribution in [3.63, 3.8) is 0 Å². The van der Waals surface area contributed by atoms with Gasteiger partial charge in [0, 0.05) is 59.5 Å². The minimum atomic E-state index is -0.583. The zero-order valence-corrected chi connectivity index (χ0v) is 26.6. The average Bonchev–Trinajstić information content (AvgIpc) is 3.03. The van der Waals surface area contributed by atoms with E-state index >= 15 is 0 Å². The summed E-state index contributed by atoms with van der Waals surface area (Å²) in [4.78, 5) is 41.6. The number of carbonyl (C=O) groups is 2. The second-order valence-electron chi connectivity index (χ2n) is 11.4. The number of carbonyl (C=O) groups excluding carboxylic acids is 2. The van der Waals surface area contributed by atoms with Crippen LogP contribution in [-0.2, 0) is 17.8 Å². The van der Waals surface area contributed by atoms with Crippen molar-refractivity contribution in [1.29, 1.82) is 0 Å². The van der Waals surface area contributed by atoms with E-state index in [0.29, 0.717) is 48.2 Å². The van der Waals surface area contributed by atoms with Gasteiger partial charge in [-0.2, -0.15) is 0 Å². The molecule has 0 radical (unpaired) electrons. The van der Waals surface area contributed by atoms with Crippen LogP contribution in [0.1, 0.15) is 34.0 Å². The standard InChI is InChI=1S/C34H31Cl2FN4O5/c1-45-30-15-31(46-2)27(14-24(30)36)39-34(44)20-9-10-29(26(12-20)38-32(42)13-22-23(35)5-3-6-25(22)37)40-16-19-11-21(18-40)28-7-4-8-33(43)41(28)17-19/h3-10,12,14-15,19,21H,11,13,16-18H2,1-2H3,(H,38,42)(H,39,44). The molecule has 1 aromatic heterocycles. The van der Waals surface area contributed by atoms with E-state index in [0.717, 1.165) is 12.1 Å². The summed E-state index contributed by atoms with van der Waals surface area (Å²) in [6.07, 6.45) is 0.643. The van der Waals surface area contributed by atoms with Crippen molar-refractivity contribution < 1.29 is 23.5 Å². The van der Waals surface area contributed by atoms with Gasteiger partial charge in [0.1, 0.15) is 17.3 Å². The quantitative estimate of drug-likeness (QED) is 0.227. The molecule has 6 rings (SSSR count). The number of aromatic nitrogens is 1. The Hall–Kier alpha value is -4.54. The molecule has 2 atom stereocenters. The number of amides is 2. The highest BCUT2D eigenvalue weighted by Crippen LogP contribution is 2.40. The number of nitrogens with zero attached hydrogens (tertiary/aromatic N) is 2. The molecule has 2 bridgehead atoms. The summed E-state index contributed by atoms with van der Waals surface area (Å²) in [6.45, 7) is 1.85. The second-order valence-corrected chi connectivity index (χ2v) is 12.2. The van der Waals surface area contributed by atoms with Crippen LogP contribution >= 0.6 is 23.2 Å². The van der Waals surface area contributed by atoms with Crippen LogP contribution in [0, 0.1) is 11.7 Å². The molecule has 3 aromatic carbocycles. The van der Waals surface area contributed by atoms with Gasteiger partial charge in [-0.1, -0.05) is 35.3 Å². The molecule has 238 valence electrons. The molecule has 12 heteroatoms. The summed E-state index contributed by atoms with van der Waals surface area (Å²) < 4.78 is 27.1. The first kappa shape index (κ1) is 31.4. The van der Waals surface area contributed by atoms with Crippen LogP contribution in [0.3, 0.4) is 0 Å². The topological polar surface area (TPSA) is 102 Å². The van der Waals surface area contributed by atoms with E-state index < -0.39 is 17.6 Å². The molecule has 4 aromatic rings. The third-order valence-corrected chi connectivity index (χ3v) is 9.12. The number of rotatable bonds is 8. The van der Waals surface area contributed by atoms with Gasteiger partial charge < -0.3 is 29.6 Å². The van der Waals surface area contributed by atoms with Crippen molar-refractivity contribution in [2.24, 2.45) is 5.92 Å². The Morgan fingerprint density at radius 3 is 2.43 bits per heavy atom. The number of halogens is 3. The molecule has 2 aliphatic rings. The Bertz CT molecular complexity index is 1880. The zero-order chi connectivity index (χ0) is 32.5. The Morgan fingerprint density at radius 2 is 1.67 bits per heavy atom. The molecular weight excluding hydrogens is 634 g/mol. The van der Waals surface area contributed by atoms with Gasteiger partial charge in [-0.3, -0.25) is 14.4 Å². The lowest BCUT2D eigenvalue weighted by Gasteiger charge is -2.44. The van der Waals surface area contributed by atoms with E-state index in [4.69, 9.17) is 32.7 Å². The van der Waals surface area contributed by atoms with Crippen molar-refractivity contribution in [2.75, 3.05) is 42.8 Å². The third-order valence-electron chi connectivity index (χ3n) is 8.47.